The molecule has 1 rings (SSSR count). The number of amides is 1. The lowest BCUT2D eigenvalue weighted by Gasteiger charge is -2.12. The van der Waals surface area contributed by atoms with E-state index in [2.05, 4.69) is 27.3 Å². The van der Waals surface area contributed by atoms with E-state index in [4.69, 9.17) is 4.74 Å². The number of carbonyl (C=O) groups excluding carboxylic acids is 1. The Kier molecular flexibility index (Phi) is 4.15. The summed E-state index contributed by atoms with van der Waals surface area (Å²) in [5.41, 5.74) is 3.23. The molecular weight excluding hydrogens is 258 g/mol. The Labute approximate surface area is 97.9 Å². The second kappa shape index (κ2) is 5.16. The van der Waals surface area contributed by atoms with E-state index in [-0.39, 0.29) is 4.82 Å². The van der Waals surface area contributed by atoms with Crippen LogP contribution in [-0.4, -0.2) is 11.9 Å². The minimum atomic E-state index is -0.219. The summed E-state index contributed by atoms with van der Waals surface area (Å²) in [6, 6.07) is 4.06. The molecule has 0 aliphatic carbocycles. The number of halogens is 1. The van der Waals surface area contributed by atoms with E-state index in [1.165, 1.54) is 0 Å². The number of ether oxygens (including phenoxy) is 1. The molecule has 0 atom stereocenters. The Balaban J connectivity index is 2.98. The summed E-state index contributed by atoms with van der Waals surface area (Å²) in [4.78, 5) is 10.5. The zero-order chi connectivity index (χ0) is 11.4. The van der Waals surface area contributed by atoms with Gasteiger partial charge in [0.25, 0.3) is 4.82 Å². The van der Waals surface area contributed by atoms with E-state index < -0.39 is 0 Å². The third-order valence-corrected chi connectivity index (χ3v) is 2.40. The minimum absolute atomic E-state index is 0.219. The van der Waals surface area contributed by atoms with Crippen molar-refractivity contribution in [2.75, 3.05) is 7.11 Å². The molecule has 3 nitrogen and oxygen atoms in total. The quantitative estimate of drug-likeness (QED) is 0.678. The first-order valence-corrected chi connectivity index (χ1v) is 5.41. The van der Waals surface area contributed by atoms with Crippen LogP contribution in [0.3, 0.4) is 0 Å². The van der Waals surface area contributed by atoms with Crippen molar-refractivity contribution in [2.45, 2.75) is 20.4 Å². The van der Waals surface area contributed by atoms with Crippen LogP contribution in [0.1, 0.15) is 16.7 Å². The Morgan fingerprint density at radius 2 is 2.13 bits per heavy atom. The van der Waals surface area contributed by atoms with Crippen molar-refractivity contribution in [3.8, 4) is 5.75 Å². The van der Waals surface area contributed by atoms with Crippen molar-refractivity contribution in [1.82, 2.24) is 5.32 Å². The van der Waals surface area contributed by atoms with Gasteiger partial charge in [-0.25, -0.2) is 0 Å². The third-order valence-electron chi connectivity index (χ3n) is 2.12. The second-order valence-electron chi connectivity index (χ2n) is 3.40. The van der Waals surface area contributed by atoms with Crippen LogP contribution in [0.25, 0.3) is 0 Å². The summed E-state index contributed by atoms with van der Waals surface area (Å²) in [5.74, 6) is 0.835. The Bertz CT molecular complexity index is 377. The van der Waals surface area contributed by atoms with Gasteiger partial charge in [0.2, 0.25) is 0 Å². The number of benzene rings is 1. The number of methoxy groups -OCH3 is 1. The maximum Gasteiger partial charge on any atom is 0.287 e. The maximum absolute atomic E-state index is 10.8. The van der Waals surface area contributed by atoms with E-state index in [0.29, 0.717) is 6.54 Å². The second-order valence-corrected chi connectivity index (χ2v) is 4.12. The average Bonchev–Trinajstić information content (AvgIpc) is 2.13. The molecule has 0 spiro atoms. The zero-order valence-electron chi connectivity index (χ0n) is 9.06. The molecule has 0 fully saturated rings. The molecule has 0 bridgehead atoms. The fourth-order valence-corrected chi connectivity index (χ4v) is 1.77. The van der Waals surface area contributed by atoms with Crippen molar-refractivity contribution in [2.24, 2.45) is 0 Å². The van der Waals surface area contributed by atoms with Crippen LogP contribution >= 0.6 is 15.9 Å². The summed E-state index contributed by atoms with van der Waals surface area (Å²) in [5, 5.41) is 2.69. The van der Waals surface area contributed by atoms with Crippen molar-refractivity contribution in [3.05, 3.63) is 28.8 Å². The molecule has 1 amide bonds. The van der Waals surface area contributed by atoms with Crippen LogP contribution in [0.5, 0.6) is 5.75 Å². The predicted octanol–water partition coefficient (Wildman–Crippen LogP) is 2.92. The molecule has 1 aromatic rings. The first-order chi connectivity index (χ1) is 7.04. The van der Waals surface area contributed by atoms with Gasteiger partial charge in [-0.1, -0.05) is 17.7 Å². The van der Waals surface area contributed by atoms with Gasteiger partial charge in [-0.15, -0.1) is 0 Å². The van der Waals surface area contributed by atoms with Crippen molar-refractivity contribution >= 4 is 20.7 Å². The summed E-state index contributed by atoms with van der Waals surface area (Å²) >= 11 is 2.82. The molecule has 0 aliphatic rings. The lowest BCUT2D eigenvalue weighted by atomic mass is 10.1. The number of rotatable bonds is 3. The van der Waals surface area contributed by atoms with Gasteiger partial charge in [-0.2, -0.15) is 0 Å². The average molecular weight is 272 g/mol. The number of nitrogens with one attached hydrogen (secondary N) is 1. The first kappa shape index (κ1) is 12.0. The van der Waals surface area contributed by atoms with Crippen LogP contribution in [0.15, 0.2) is 12.1 Å². The van der Waals surface area contributed by atoms with E-state index in [9.17, 15) is 4.79 Å². The fraction of sp³-hybridized carbons (Fsp3) is 0.364. The molecule has 0 saturated heterocycles. The summed E-state index contributed by atoms with van der Waals surface area (Å²) in [6.45, 7) is 4.48. The molecule has 0 saturated carbocycles. The SMILES string of the molecule is COc1c(C)cc(C)cc1CNC(=O)Br. The molecule has 0 heterocycles. The van der Waals surface area contributed by atoms with Gasteiger partial charge in [0, 0.05) is 28.0 Å². The number of hydrogen-bond acceptors (Lipinski definition) is 2. The van der Waals surface area contributed by atoms with Gasteiger partial charge in [0.15, 0.2) is 0 Å². The van der Waals surface area contributed by atoms with Crippen LogP contribution in [0.2, 0.25) is 0 Å². The zero-order valence-corrected chi connectivity index (χ0v) is 10.6. The summed E-state index contributed by atoms with van der Waals surface area (Å²) in [6.07, 6.45) is 0. The lowest BCUT2D eigenvalue weighted by Crippen LogP contribution is -2.16. The van der Waals surface area contributed by atoms with Crippen molar-refractivity contribution < 1.29 is 9.53 Å². The third kappa shape index (κ3) is 3.23. The summed E-state index contributed by atoms with van der Waals surface area (Å²) < 4.78 is 5.30. The highest BCUT2D eigenvalue weighted by Gasteiger charge is 2.07. The van der Waals surface area contributed by atoms with Gasteiger partial charge in [0.1, 0.15) is 5.75 Å². The van der Waals surface area contributed by atoms with Crippen LogP contribution in [-0.2, 0) is 6.54 Å². The molecule has 0 unspecified atom stereocenters. The van der Waals surface area contributed by atoms with Gasteiger partial charge < -0.3 is 10.1 Å². The van der Waals surface area contributed by atoms with Crippen LogP contribution < -0.4 is 10.1 Å². The fourth-order valence-electron chi connectivity index (χ4n) is 1.63. The molecule has 82 valence electrons. The first-order valence-electron chi connectivity index (χ1n) is 4.62. The largest absolute Gasteiger partial charge is 0.496 e. The molecule has 0 aliphatic heterocycles. The monoisotopic (exact) mass is 271 g/mol. The minimum Gasteiger partial charge on any atom is -0.496 e. The predicted molar refractivity (Wildman–Crippen MR) is 63.6 cm³/mol. The van der Waals surface area contributed by atoms with E-state index in [0.717, 1.165) is 22.4 Å². The van der Waals surface area contributed by atoms with Gasteiger partial charge >= 0.3 is 0 Å². The molecule has 1 aromatic carbocycles. The van der Waals surface area contributed by atoms with Crippen LogP contribution in [0, 0.1) is 13.8 Å². The molecule has 0 radical (unpaired) electrons. The topological polar surface area (TPSA) is 38.3 Å². The summed E-state index contributed by atoms with van der Waals surface area (Å²) in [7, 11) is 1.64. The van der Waals surface area contributed by atoms with Crippen molar-refractivity contribution in [1.29, 1.82) is 0 Å². The number of hydrogen-bond donors (Lipinski definition) is 1. The van der Waals surface area contributed by atoms with Crippen molar-refractivity contribution in [3.63, 3.8) is 0 Å². The molecular formula is C11H14BrNO2. The normalized spacial score (nSPS) is 9.87. The molecule has 0 aromatic heterocycles. The van der Waals surface area contributed by atoms with Crippen LogP contribution in [0.4, 0.5) is 4.79 Å². The Morgan fingerprint density at radius 3 is 2.67 bits per heavy atom. The molecule has 4 heteroatoms. The Hall–Kier alpha value is -1.03. The maximum atomic E-state index is 10.8. The highest BCUT2D eigenvalue weighted by atomic mass is 79.9. The van der Waals surface area contributed by atoms with E-state index >= 15 is 0 Å². The van der Waals surface area contributed by atoms with Gasteiger partial charge in [-0.3, -0.25) is 4.79 Å². The number of aryl methyl sites for hydroxylation is 2. The van der Waals surface area contributed by atoms with Gasteiger partial charge in [-0.05, 0) is 19.4 Å². The Morgan fingerprint density at radius 1 is 1.47 bits per heavy atom. The lowest BCUT2D eigenvalue weighted by molar-refractivity contribution is 0.261. The standard InChI is InChI=1S/C11H14BrNO2/c1-7-4-8(2)10(15-3)9(5-7)6-13-11(12)14/h4-5H,6H2,1-3H3,(H,13,14). The highest BCUT2D eigenvalue weighted by molar-refractivity contribution is 9.18. The molecule has 15 heavy (non-hydrogen) atoms. The van der Waals surface area contributed by atoms with Gasteiger partial charge in [0.05, 0.1) is 7.11 Å². The smallest absolute Gasteiger partial charge is 0.287 e. The number of carbonyl (C=O) groups is 1. The van der Waals surface area contributed by atoms with E-state index in [1.54, 1.807) is 7.11 Å². The molecule has 1 N–H and O–H groups in total. The van der Waals surface area contributed by atoms with E-state index in [1.807, 2.05) is 19.9 Å². The highest BCUT2D eigenvalue weighted by Crippen LogP contribution is 2.24.